The molecule has 1 aromatic carbocycles. The Balaban J connectivity index is 1.53. The van der Waals surface area contributed by atoms with Crippen LogP contribution in [0.3, 0.4) is 0 Å². The molecule has 0 radical (unpaired) electrons. The summed E-state index contributed by atoms with van der Waals surface area (Å²) in [6.45, 7) is 3.11. The molecule has 0 atom stereocenters. The van der Waals surface area contributed by atoms with Gasteiger partial charge in [-0.3, -0.25) is 4.99 Å². The first-order valence-corrected chi connectivity index (χ1v) is 7.91. The third-order valence-electron chi connectivity index (χ3n) is 3.97. The van der Waals surface area contributed by atoms with Crippen LogP contribution in [0.4, 0.5) is 0 Å². The molecule has 1 aromatic heterocycles. The maximum Gasteiger partial charge on any atom is 0.193 e. The Hall–Kier alpha value is -2.30. The molecule has 2 heterocycles. The lowest BCUT2D eigenvalue weighted by molar-refractivity contribution is 0.494. The molecule has 0 unspecified atom stereocenters. The Morgan fingerprint density at radius 3 is 2.73 bits per heavy atom. The maximum absolute atomic E-state index is 4.43. The zero-order valence-electron chi connectivity index (χ0n) is 13.1. The number of aromatic nitrogens is 2. The summed E-state index contributed by atoms with van der Waals surface area (Å²) in [6, 6.07) is 10.2. The number of aliphatic imine (C=N–C) groups is 1. The van der Waals surface area contributed by atoms with Crippen molar-refractivity contribution in [3.05, 3.63) is 48.3 Å². The molecule has 0 saturated carbocycles. The lowest BCUT2D eigenvalue weighted by Gasteiger charge is -2.20. The van der Waals surface area contributed by atoms with Crippen LogP contribution < -0.4 is 5.32 Å². The molecule has 2 aromatic rings. The van der Waals surface area contributed by atoms with E-state index >= 15 is 0 Å². The van der Waals surface area contributed by atoms with Crippen LogP contribution in [0.5, 0.6) is 0 Å². The van der Waals surface area contributed by atoms with E-state index in [1.807, 2.05) is 36.1 Å². The first kappa shape index (κ1) is 14.6. The van der Waals surface area contributed by atoms with Gasteiger partial charge in [0.05, 0.1) is 11.9 Å². The number of rotatable bonds is 4. The average Bonchev–Trinajstić information content (AvgIpc) is 3.24. The van der Waals surface area contributed by atoms with Gasteiger partial charge in [0, 0.05) is 32.9 Å². The van der Waals surface area contributed by atoms with Crippen LogP contribution >= 0.6 is 0 Å². The number of hydrogen-bond acceptors (Lipinski definition) is 2. The molecule has 116 valence electrons. The molecule has 1 aliphatic rings. The fourth-order valence-electron chi connectivity index (χ4n) is 2.79. The molecule has 5 nitrogen and oxygen atoms in total. The highest BCUT2D eigenvalue weighted by molar-refractivity contribution is 5.80. The van der Waals surface area contributed by atoms with Crippen molar-refractivity contribution in [1.82, 2.24) is 20.0 Å². The first-order chi connectivity index (χ1) is 10.9. The Kier molecular flexibility index (Phi) is 4.73. The number of nitrogens with one attached hydrogen (secondary N) is 1. The molecule has 0 amide bonds. The fourth-order valence-corrected chi connectivity index (χ4v) is 2.79. The second-order valence-electron chi connectivity index (χ2n) is 5.55. The summed E-state index contributed by atoms with van der Waals surface area (Å²) in [4.78, 5) is 6.69. The summed E-state index contributed by atoms with van der Waals surface area (Å²) in [6.07, 6.45) is 7.51. The van der Waals surface area contributed by atoms with E-state index in [2.05, 4.69) is 38.6 Å². The van der Waals surface area contributed by atoms with Crippen LogP contribution in [-0.2, 0) is 6.42 Å². The van der Waals surface area contributed by atoms with Crippen LogP contribution in [0.2, 0.25) is 0 Å². The highest BCUT2D eigenvalue weighted by Gasteiger charge is 2.15. The second kappa shape index (κ2) is 7.11. The molecule has 0 aliphatic carbocycles. The zero-order valence-corrected chi connectivity index (χ0v) is 13.1. The normalized spacial score (nSPS) is 15.3. The van der Waals surface area contributed by atoms with Gasteiger partial charge in [-0.2, -0.15) is 5.10 Å². The van der Waals surface area contributed by atoms with Crippen LogP contribution in [0, 0.1) is 0 Å². The van der Waals surface area contributed by atoms with E-state index in [0.717, 1.165) is 37.7 Å². The van der Waals surface area contributed by atoms with Crippen molar-refractivity contribution in [2.75, 3.05) is 26.7 Å². The molecular weight excluding hydrogens is 274 g/mol. The topological polar surface area (TPSA) is 45.5 Å². The summed E-state index contributed by atoms with van der Waals surface area (Å²) in [7, 11) is 1.86. The number of hydrogen-bond donors (Lipinski definition) is 1. The van der Waals surface area contributed by atoms with Gasteiger partial charge in [-0.25, -0.2) is 4.68 Å². The second-order valence-corrected chi connectivity index (χ2v) is 5.55. The third-order valence-corrected chi connectivity index (χ3v) is 3.97. The van der Waals surface area contributed by atoms with E-state index in [0.29, 0.717) is 0 Å². The summed E-state index contributed by atoms with van der Waals surface area (Å²) in [5, 5.41) is 7.88. The molecule has 1 N–H and O–H groups in total. The first-order valence-electron chi connectivity index (χ1n) is 7.91. The number of benzene rings is 1. The lowest BCUT2D eigenvalue weighted by atomic mass is 10.2. The Morgan fingerprint density at radius 1 is 1.23 bits per heavy atom. The predicted octanol–water partition coefficient (Wildman–Crippen LogP) is 2.09. The monoisotopic (exact) mass is 297 g/mol. The van der Waals surface area contributed by atoms with Crippen LogP contribution in [0.25, 0.3) is 5.69 Å². The predicted molar refractivity (Wildman–Crippen MR) is 89.4 cm³/mol. The Labute approximate surface area is 131 Å². The number of para-hydroxylation sites is 1. The fraction of sp³-hybridized carbons (Fsp3) is 0.412. The quantitative estimate of drug-likeness (QED) is 0.694. The average molecular weight is 297 g/mol. The third kappa shape index (κ3) is 3.47. The molecule has 0 spiro atoms. The van der Waals surface area contributed by atoms with Gasteiger partial charge in [-0.1, -0.05) is 18.2 Å². The van der Waals surface area contributed by atoms with E-state index in [4.69, 9.17) is 0 Å². The molecule has 1 fully saturated rings. The van der Waals surface area contributed by atoms with Crippen molar-refractivity contribution >= 4 is 5.96 Å². The van der Waals surface area contributed by atoms with Crippen LogP contribution in [-0.4, -0.2) is 47.3 Å². The largest absolute Gasteiger partial charge is 0.356 e. The van der Waals surface area contributed by atoms with Crippen molar-refractivity contribution in [1.29, 1.82) is 0 Å². The van der Waals surface area contributed by atoms with E-state index in [1.54, 1.807) is 0 Å². The van der Waals surface area contributed by atoms with Crippen LogP contribution in [0.15, 0.2) is 47.7 Å². The number of guanidine groups is 1. The van der Waals surface area contributed by atoms with Crippen molar-refractivity contribution in [2.45, 2.75) is 19.3 Å². The molecule has 3 rings (SSSR count). The standard InChI is InChI=1S/C17H23N5/c1-18-17(21-11-5-6-12-21)19-10-9-15-13-20-22(14-15)16-7-3-2-4-8-16/h2-4,7-8,13-14H,5-6,9-12H2,1H3,(H,18,19). The summed E-state index contributed by atoms with van der Waals surface area (Å²) >= 11 is 0. The van der Waals surface area contributed by atoms with E-state index in [9.17, 15) is 0 Å². The maximum atomic E-state index is 4.43. The summed E-state index contributed by atoms with van der Waals surface area (Å²) in [5.41, 5.74) is 2.32. The van der Waals surface area contributed by atoms with Crippen molar-refractivity contribution in [3.63, 3.8) is 0 Å². The van der Waals surface area contributed by atoms with Gasteiger partial charge in [-0.15, -0.1) is 0 Å². The van der Waals surface area contributed by atoms with Crippen molar-refractivity contribution in [2.24, 2.45) is 4.99 Å². The van der Waals surface area contributed by atoms with Gasteiger partial charge in [0.25, 0.3) is 0 Å². The van der Waals surface area contributed by atoms with Gasteiger partial charge in [0.1, 0.15) is 0 Å². The SMILES string of the molecule is CN=C(NCCc1cnn(-c2ccccc2)c1)N1CCCC1. The molecule has 22 heavy (non-hydrogen) atoms. The molecule has 1 saturated heterocycles. The van der Waals surface area contributed by atoms with E-state index in [1.165, 1.54) is 18.4 Å². The van der Waals surface area contributed by atoms with Gasteiger partial charge in [0.15, 0.2) is 5.96 Å². The van der Waals surface area contributed by atoms with Gasteiger partial charge in [-0.05, 0) is 37.0 Å². The smallest absolute Gasteiger partial charge is 0.193 e. The van der Waals surface area contributed by atoms with E-state index < -0.39 is 0 Å². The minimum Gasteiger partial charge on any atom is -0.356 e. The molecule has 1 aliphatic heterocycles. The highest BCUT2D eigenvalue weighted by Crippen LogP contribution is 2.09. The van der Waals surface area contributed by atoms with E-state index in [-0.39, 0.29) is 0 Å². The van der Waals surface area contributed by atoms with Crippen molar-refractivity contribution < 1.29 is 0 Å². The van der Waals surface area contributed by atoms with Crippen LogP contribution in [0.1, 0.15) is 18.4 Å². The zero-order chi connectivity index (χ0) is 15.2. The number of nitrogens with zero attached hydrogens (tertiary/aromatic N) is 4. The van der Waals surface area contributed by atoms with Crippen molar-refractivity contribution in [3.8, 4) is 5.69 Å². The Bertz CT molecular complexity index is 611. The minimum atomic E-state index is 0.879. The van der Waals surface area contributed by atoms with Gasteiger partial charge in [0.2, 0.25) is 0 Å². The van der Waals surface area contributed by atoms with Gasteiger partial charge >= 0.3 is 0 Å². The summed E-state index contributed by atoms with van der Waals surface area (Å²) in [5.74, 6) is 1.02. The Morgan fingerprint density at radius 2 is 2.00 bits per heavy atom. The molecule has 0 bridgehead atoms. The highest BCUT2D eigenvalue weighted by atomic mass is 15.3. The minimum absolute atomic E-state index is 0.879. The summed E-state index contributed by atoms with van der Waals surface area (Å²) < 4.78 is 1.92. The molecule has 5 heteroatoms. The number of likely N-dealkylation sites (tertiary alicyclic amines) is 1. The van der Waals surface area contributed by atoms with Gasteiger partial charge < -0.3 is 10.2 Å². The molecular formula is C17H23N5. The lowest BCUT2D eigenvalue weighted by Crippen LogP contribution is -2.40.